The summed E-state index contributed by atoms with van der Waals surface area (Å²) in [4.78, 5) is 4.56. The van der Waals surface area contributed by atoms with E-state index in [4.69, 9.17) is 4.74 Å². The van der Waals surface area contributed by atoms with Gasteiger partial charge in [0.25, 0.3) is 0 Å². The fraction of sp³-hybridized carbons (Fsp3) is 0.0870. The number of ether oxygens (including phenoxy) is 1. The Kier molecular flexibility index (Phi) is 4.32. The Hall–Kier alpha value is -3.27. The second-order valence-corrected chi connectivity index (χ2v) is 6.41. The van der Waals surface area contributed by atoms with Crippen LogP contribution < -0.4 is 4.74 Å². The summed E-state index contributed by atoms with van der Waals surface area (Å²) in [5, 5.41) is 0.758. The summed E-state index contributed by atoms with van der Waals surface area (Å²) in [7, 11) is 1.59. The molecule has 4 heteroatoms. The summed E-state index contributed by atoms with van der Waals surface area (Å²) in [6, 6.07) is 18.7. The third kappa shape index (κ3) is 3.26. The zero-order valence-electron chi connectivity index (χ0n) is 15.0. The SMILES string of the molecule is COc1ccc(-c2ccc(-c3cc(C)c4cc(F)ccc4n3)cc2F)cc1. The summed E-state index contributed by atoms with van der Waals surface area (Å²) in [5.74, 6) is 0.106. The molecule has 2 nitrogen and oxygen atoms in total. The van der Waals surface area contributed by atoms with Crippen molar-refractivity contribution in [1.29, 1.82) is 0 Å². The molecule has 0 radical (unpaired) electrons. The average Bonchev–Trinajstić information content (AvgIpc) is 2.68. The standard InChI is InChI=1S/C23H17F2NO/c1-14-11-23(26-22-10-6-17(24)13-20(14)22)16-5-9-19(21(25)12-16)15-3-7-18(27-2)8-4-15/h3-13H,1-2H3. The second-order valence-electron chi connectivity index (χ2n) is 6.41. The van der Waals surface area contributed by atoms with Crippen LogP contribution in [0.2, 0.25) is 0 Å². The van der Waals surface area contributed by atoms with Gasteiger partial charge in [-0.05, 0) is 60.5 Å². The molecular weight excluding hydrogens is 344 g/mol. The van der Waals surface area contributed by atoms with E-state index in [1.807, 2.05) is 31.2 Å². The van der Waals surface area contributed by atoms with Crippen LogP contribution in [0.1, 0.15) is 5.56 Å². The predicted molar refractivity (Wildman–Crippen MR) is 104 cm³/mol. The van der Waals surface area contributed by atoms with E-state index < -0.39 is 0 Å². The molecule has 0 atom stereocenters. The van der Waals surface area contributed by atoms with Crippen LogP contribution in [-0.4, -0.2) is 12.1 Å². The van der Waals surface area contributed by atoms with Crippen LogP contribution in [-0.2, 0) is 0 Å². The topological polar surface area (TPSA) is 22.1 Å². The number of benzene rings is 3. The van der Waals surface area contributed by atoms with Crippen molar-refractivity contribution in [2.24, 2.45) is 0 Å². The van der Waals surface area contributed by atoms with Crippen LogP contribution in [0.3, 0.4) is 0 Å². The fourth-order valence-corrected chi connectivity index (χ4v) is 3.19. The Morgan fingerprint density at radius 2 is 1.56 bits per heavy atom. The molecule has 134 valence electrons. The zero-order valence-corrected chi connectivity index (χ0v) is 15.0. The Balaban J connectivity index is 1.75. The first-order chi connectivity index (χ1) is 13.0. The molecule has 0 N–H and O–H groups in total. The lowest BCUT2D eigenvalue weighted by Gasteiger charge is -2.10. The van der Waals surface area contributed by atoms with Gasteiger partial charge in [0.15, 0.2) is 0 Å². The van der Waals surface area contributed by atoms with Gasteiger partial charge in [-0.1, -0.05) is 24.3 Å². The van der Waals surface area contributed by atoms with Crippen LogP contribution >= 0.6 is 0 Å². The molecule has 27 heavy (non-hydrogen) atoms. The molecule has 0 bridgehead atoms. The number of fused-ring (bicyclic) bond motifs is 1. The van der Waals surface area contributed by atoms with E-state index in [0.717, 1.165) is 22.3 Å². The van der Waals surface area contributed by atoms with Crippen molar-refractivity contribution in [3.05, 3.63) is 83.9 Å². The lowest BCUT2D eigenvalue weighted by Crippen LogP contribution is -1.92. The molecular formula is C23H17F2NO. The van der Waals surface area contributed by atoms with E-state index in [0.29, 0.717) is 22.3 Å². The maximum absolute atomic E-state index is 14.8. The molecule has 1 aromatic heterocycles. The third-order valence-corrected chi connectivity index (χ3v) is 4.64. The first-order valence-corrected chi connectivity index (χ1v) is 8.56. The van der Waals surface area contributed by atoms with Crippen LogP contribution in [0.25, 0.3) is 33.3 Å². The molecule has 0 unspecified atom stereocenters. The molecule has 0 amide bonds. The Labute approximate surface area is 156 Å². The number of aryl methyl sites for hydroxylation is 1. The largest absolute Gasteiger partial charge is 0.497 e. The molecule has 0 spiro atoms. The number of nitrogens with zero attached hydrogens (tertiary/aromatic N) is 1. The van der Waals surface area contributed by atoms with Gasteiger partial charge < -0.3 is 4.74 Å². The van der Waals surface area contributed by atoms with E-state index in [1.54, 1.807) is 31.4 Å². The van der Waals surface area contributed by atoms with Crippen molar-refractivity contribution < 1.29 is 13.5 Å². The summed E-state index contributed by atoms with van der Waals surface area (Å²) >= 11 is 0. The van der Waals surface area contributed by atoms with Crippen molar-refractivity contribution in [3.63, 3.8) is 0 Å². The second kappa shape index (κ2) is 6.80. The highest BCUT2D eigenvalue weighted by molar-refractivity contribution is 5.85. The number of methoxy groups -OCH3 is 1. The fourth-order valence-electron chi connectivity index (χ4n) is 3.19. The molecule has 0 saturated carbocycles. The van der Waals surface area contributed by atoms with Crippen LogP contribution in [0.15, 0.2) is 66.7 Å². The van der Waals surface area contributed by atoms with Gasteiger partial charge in [-0.25, -0.2) is 13.8 Å². The summed E-state index contributed by atoms with van der Waals surface area (Å²) < 4.78 is 33.4. The van der Waals surface area contributed by atoms with Crippen LogP contribution in [0, 0.1) is 18.6 Å². The Morgan fingerprint density at radius 1 is 0.815 bits per heavy atom. The number of halogens is 2. The molecule has 3 aromatic carbocycles. The molecule has 4 aromatic rings. The number of hydrogen-bond donors (Lipinski definition) is 0. The highest BCUT2D eigenvalue weighted by Gasteiger charge is 2.10. The number of aromatic nitrogens is 1. The predicted octanol–water partition coefficient (Wildman–Crippen LogP) is 6.16. The van der Waals surface area contributed by atoms with Gasteiger partial charge in [-0.2, -0.15) is 0 Å². The highest BCUT2D eigenvalue weighted by Crippen LogP contribution is 2.30. The van der Waals surface area contributed by atoms with Crippen molar-refractivity contribution in [2.45, 2.75) is 6.92 Å². The van der Waals surface area contributed by atoms with Crippen molar-refractivity contribution >= 4 is 10.9 Å². The van der Waals surface area contributed by atoms with E-state index in [2.05, 4.69) is 4.98 Å². The smallest absolute Gasteiger partial charge is 0.131 e. The van der Waals surface area contributed by atoms with Gasteiger partial charge in [0, 0.05) is 16.5 Å². The minimum Gasteiger partial charge on any atom is -0.497 e. The Morgan fingerprint density at radius 3 is 2.26 bits per heavy atom. The summed E-state index contributed by atoms with van der Waals surface area (Å²) in [6.45, 7) is 1.90. The normalized spacial score (nSPS) is 11.0. The average molecular weight is 361 g/mol. The minimum atomic E-state index is -0.323. The van der Waals surface area contributed by atoms with Gasteiger partial charge in [0.2, 0.25) is 0 Å². The molecule has 0 saturated heterocycles. The summed E-state index contributed by atoms with van der Waals surface area (Å²) in [6.07, 6.45) is 0. The van der Waals surface area contributed by atoms with E-state index in [9.17, 15) is 8.78 Å². The molecule has 0 aliphatic carbocycles. The van der Waals surface area contributed by atoms with Gasteiger partial charge in [0.05, 0.1) is 18.3 Å². The van der Waals surface area contributed by atoms with Gasteiger partial charge in [-0.15, -0.1) is 0 Å². The van der Waals surface area contributed by atoms with E-state index in [-0.39, 0.29) is 11.6 Å². The number of rotatable bonds is 3. The third-order valence-electron chi connectivity index (χ3n) is 4.64. The van der Waals surface area contributed by atoms with Gasteiger partial charge in [0.1, 0.15) is 17.4 Å². The van der Waals surface area contributed by atoms with E-state index >= 15 is 0 Å². The van der Waals surface area contributed by atoms with Gasteiger partial charge >= 0.3 is 0 Å². The molecule has 0 aliphatic rings. The van der Waals surface area contributed by atoms with Crippen molar-refractivity contribution in [2.75, 3.05) is 7.11 Å². The molecule has 0 fully saturated rings. The van der Waals surface area contributed by atoms with Crippen LogP contribution in [0.5, 0.6) is 5.75 Å². The number of pyridine rings is 1. The highest BCUT2D eigenvalue weighted by atomic mass is 19.1. The molecule has 1 heterocycles. The molecule has 4 rings (SSSR count). The minimum absolute atomic E-state index is 0.296. The lowest BCUT2D eigenvalue weighted by atomic mass is 10.0. The summed E-state index contributed by atoms with van der Waals surface area (Å²) in [5.41, 5.74) is 4.21. The maximum Gasteiger partial charge on any atom is 0.131 e. The first kappa shape index (κ1) is 17.2. The van der Waals surface area contributed by atoms with E-state index in [1.165, 1.54) is 18.2 Å². The first-order valence-electron chi connectivity index (χ1n) is 8.56. The van der Waals surface area contributed by atoms with Crippen molar-refractivity contribution in [3.8, 4) is 28.1 Å². The monoisotopic (exact) mass is 361 g/mol. The molecule has 0 aliphatic heterocycles. The maximum atomic E-state index is 14.8. The number of hydrogen-bond acceptors (Lipinski definition) is 2. The quantitative estimate of drug-likeness (QED) is 0.436. The van der Waals surface area contributed by atoms with Crippen LogP contribution in [0.4, 0.5) is 8.78 Å². The van der Waals surface area contributed by atoms with Crippen molar-refractivity contribution in [1.82, 2.24) is 4.98 Å². The van der Waals surface area contributed by atoms with Gasteiger partial charge in [-0.3, -0.25) is 0 Å². The Bertz CT molecular complexity index is 1140. The lowest BCUT2D eigenvalue weighted by molar-refractivity contribution is 0.415. The zero-order chi connectivity index (χ0) is 19.0.